The number of aromatic nitrogens is 1. The number of hydrogen-bond donors (Lipinski definition) is 0. The van der Waals surface area contributed by atoms with Crippen molar-refractivity contribution in [2.24, 2.45) is 5.92 Å². The molecule has 1 saturated carbocycles. The minimum absolute atomic E-state index is 0.284. The van der Waals surface area contributed by atoms with E-state index in [2.05, 4.69) is 58.4 Å². The third kappa shape index (κ3) is 3.97. The molecule has 31 heavy (non-hydrogen) atoms. The largest absolute Gasteiger partial charge is 0.379 e. The average Bonchev–Trinajstić information content (AvgIpc) is 3.21. The van der Waals surface area contributed by atoms with E-state index in [1.165, 1.54) is 16.5 Å². The minimum atomic E-state index is -0.362. The maximum atomic E-state index is 13.9. The summed E-state index contributed by atoms with van der Waals surface area (Å²) in [4.78, 5) is 20.5. The van der Waals surface area contributed by atoms with E-state index in [1.807, 2.05) is 18.3 Å². The molecule has 1 aromatic heterocycles. The zero-order valence-electron chi connectivity index (χ0n) is 18.0. The second kappa shape index (κ2) is 8.80. The van der Waals surface area contributed by atoms with Crippen LogP contribution in [0.3, 0.4) is 0 Å². The van der Waals surface area contributed by atoms with Gasteiger partial charge < -0.3 is 9.64 Å². The molecule has 0 radical (unpaired) electrons. The number of hydrogen-bond acceptors (Lipinski definition) is 3. The highest BCUT2D eigenvalue weighted by molar-refractivity contribution is 5.89. The van der Waals surface area contributed by atoms with Crippen LogP contribution in [-0.2, 0) is 21.4 Å². The van der Waals surface area contributed by atoms with Crippen LogP contribution in [0.5, 0.6) is 0 Å². The van der Waals surface area contributed by atoms with Crippen LogP contribution >= 0.6 is 0 Å². The van der Waals surface area contributed by atoms with Crippen molar-refractivity contribution in [1.82, 2.24) is 9.88 Å². The molecule has 1 aliphatic heterocycles. The Labute approximate surface area is 184 Å². The molecule has 1 amide bonds. The molecule has 0 N–H and O–H groups in total. The number of pyridine rings is 1. The molecular weight excluding hydrogens is 384 g/mol. The van der Waals surface area contributed by atoms with Gasteiger partial charge in [-0.3, -0.25) is 9.78 Å². The lowest BCUT2D eigenvalue weighted by Crippen LogP contribution is -2.47. The van der Waals surface area contributed by atoms with Gasteiger partial charge in [-0.25, -0.2) is 0 Å². The Morgan fingerprint density at radius 2 is 1.87 bits per heavy atom. The molecule has 1 atom stereocenters. The van der Waals surface area contributed by atoms with Gasteiger partial charge in [-0.15, -0.1) is 0 Å². The molecule has 0 unspecified atom stereocenters. The molecule has 4 nitrogen and oxygen atoms in total. The summed E-state index contributed by atoms with van der Waals surface area (Å²) in [6, 6.07) is 20.9. The molecule has 5 rings (SSSR count). The highest BCUT2D eigenvalue weighted by atomic mass is 16.5. The smallest absolute Gasteiger partial charge is 0.233 e. The van der Waals surface area contributed by atoms with Crippen molar-refractivity contribution in [2.45, 2.75) is 37.5 Å². The molecule has 2 aromatic carbocycles. The minimum Gasteiger partial charge on any atom is -0.379 e. The van der Waals surface area contributed by atoms with Gasteiger partial charge in [0.15, 0.2) is 0 Å². The van der Waals surface area contributed by atoms with E-state index in [9.17, 15) is 4.79 Å². The van der Waals surface area contributed by atoms with Gasteiger partial charge in [0.1, 0.15) is 0 Å². The zero-order valence-corrected chi connectivity index (χ0v) is 18.0. The molecule has 160 valence electrons. The fourth-order valence-electron chi connectivity index (χ4n) is 5.51. The van der Waals surface area contributed by atoms with Crippen LogP contribution in [0.2, 0.25) is 0 Å². The summed E-state index contributed by atoms with van der Waals surface area (Å²) in [6.45, 7) is 2.74. The van der Waals surface area contributed by atoms with Crippen molar-refractivity contribution in [3.63, 3.8) is 0 Å². The fraction of sp³-hybridized carbons (Fsp3) is 0.407. The molecule has 4 heteroatoms. The van der Waals surface area contributed by atoms with Crippen molar-refractivity contribution in [2.75, 3.05) is 26.3 Å². The van der Waals surface area contributed by atoms with Gasteiger partial charge in [-0.1, -0.05) is 61.4 Å². The summed E-state index contributed by atoms with van der Waals surface area (Å²) in [6.07, 6.45) is 6.88. The summed E-state index contributed by atoms with van der Waals surface area (Å²) in [5.41, 5.74) is 3.13. The molecule has 2 fully saturated rings. The van der Waals surface area contributed by atoms with Crippen LogP contribution in [0, 0.1) is 5.92 Å². The highest BCUT2D eigenvalue weighted by Gasteiger charge is 2.45. The molecular formula is C27H30N2O2. The Balaban J connectivity index is 1.39. The van der Waals surface area contributed by atoms with Gasteiger partial charge in [-0.2, -0.15) is 0 Å². The van der Waals surface area contributed by atoms with Crippen molar-refractivity contribution in [1.29, 1.82) is 0 Å². The Hall–Kier alpha value is -2.72. The lowest BCUT2D eigenvalue weighted by atomic mass is 9.77. The number of carbonyl (C=O) groups excluding carboxylic acids is 1. The van der Waals surface area contributed by atoms with Gasteiger partial charge in [-0.05, 0) is 42.5 Å². The van der Waals surface area contributed by atoms with Crippen LogP contribution < -0.4 is 0 Å². The van der Waals surface area contributed by atoms with E-state index in [4.69, 9.17) is 4.74 Å². The summed E-state index contributed by atoms with van der Waals surface area (Å²) in [5, 5.41) is 1.20. The van der Waals surface area contributed by atoms with Gasteiger partial charge in [0.2, 0.25) is 5.91 Å². The molecule has 2 heterocycles. The van der Waals surface area contributed by atoms with E-state index in [-0.39, 0.29) is 11.3 Å². The van der Waals surface area contributed by atoms with E-state index in [0.29, 0.717) is 25.7 Å². The van der Waals surface area contributed by atoms with E-state index in [1.54, 1.807) is 0 Å². The number of benzene rings is 2. The standard InChI is InChI=1S/C27H30N2O2/c30-26(27(13-4-5-14-27)23-9-2-1-3-10-23)29-16-17-31-20-21(19-29)18-22-8-6-12-25-24(22)11-7-15-28-25/h1-3,6-12,15,21H,4-5,13-14,16-20H2/t21-/m1/s1. The molecule has 1 aliphatic carbocycles. The second-order valence-corrected chi connectivity index (χ2v) is 9.04. The predicted molar refractivity (Wildman–Crippen MR) is 123 cm³/mol. The monoisotopic (exact) mass is 414 g/mol. The van der Waals surface area contributed by atoms with Crippen LogP contribution in [0.15, 0.2) is 66.9 Å². The SMILES string of the molecule is O=C(N1CCOC[C@H](Cc2cccc3ncccc23)C1)C1(c2ccccc2)CCCC1. The van der Waals surface area contributed by atoms with Crippen LogP contribution in [0.4, 0.5) is 0 Å². The maximum absolute atomic E-state index is 13.9. The number of rotatable bonds is 4. The second-order valence-electron chi connectivity index (χ2n) is 9.04. The Morgan fingerprint density at radius 3 is 2.71 bits per heavy atom. The summed E-state index contributed by atoms with van der Waals surface area (Å²) >= 11 is 0. The van der Waals surface area contributed by atoms with Gasteiger partial charge in [0.25, 0.3) is 0 Å². The third-order valence-corrected chi connectivity index (χ3v) is 7.06. The maximum Gasteiger partial charge on any atom is 0.233 e. The van der Waals surface area contributed by atoms with Crippen molar-refractivity contribution >= 4 is 16.8 Å². The number of ether oxygens (including phenoxy) is 1. The summed E-state index contributed by atoms with van der Waals surface area (Å²) in [7, 11) is 0. The van der Waals surface area contributed by atoms with Gasteiger partial charge in [0, 0.05) is 30.6 Å². The number of nitrogens with zero attached hydrogens (tertiary/aromatic N) is 2. The lowest BCUT2D eigenvalue weighted by molar-refractivity contribution is -0.137. The first kappa shape index (κ1) is 20.2. The molecule has 2 aliphatic rings. The zero-order chi connectivity index (χ0) is 21.1. The Morgan fingerprint density at radius 1 is 1.03 bits per heavy atom. The summed E-state index contributed by atoms with van der Waals surface area (Å²) in [5.74, 6) is 0.581. The Bertz CT molecular complexity index is 1040. The van der Waals surface area contributed by atoms with Crippen LogP contribution in [0.25, 0.3) is 10.9 Å². The normalized spacial score (nSPS) is 21.2. The highest BCUT2D eigenvalue weighted by Crippen LogP contribution is 2.43. The quantitative estimate of drug-likeness (QED) is 0.618. The summed E-state index contributed by atoms with van der Waals surface area (Å²) < 4.78 is 5.96. The van der Waals surface area contributed by atoms with Gasteiger partial charge in [0.05, 0.1) is 24.1 Å². The molecule has 3 aromatic rings. The van der Waals surface area contributed by atoms with Gasteiger partial charge >= 0.3 is 0 Å². The lowest BCUT2D eigenvalue weighted by Gasteiger charge is -2.35. The predicted octanol–water partition coefficient (Wildman–Crippen LogP) is 4.76. The first-order chi connectivity index (χ1) is 15.3. The van der Waals surface area contributed by atoms with E-state index < -0.39 is 0 Å². The van der Waals surface area contributed by atoms with E-state index in [0.717, 1.165) is 44.2 Å². The van der Waals surface area contributed by atoms with Crippen molar-refractivity contribution in [3.8, 4) is 0 Å². The number of carbonyl (C=O) groups is 1. The first-order valence-electron chi connectivity index (χ1n) is 11.5. The third-order valence-electron chi connectivity index (χ3n) is 7.06. The van der Waals surface area contributed by atoms with Crippen molar-refractivity contribution in [3.05, 3.63) is 78.0 Å². The van der Waals surface area contributed by atoms with E-state index >= 15 is 0 Å². The fourth-order valence-corrected chi connectivity index (χ4v) is 5.51. The topological polar surface area (TPSA) is 42.4 Å². The number of amides is 1. The molecule has 1 saturated heterocycles. The van der Waals surface area contributed by atoms with Crippen LogP contribution in [0.1, 0.15) is 36.8 Å². The van der Waals surface area contributed by atoms with Crippen molar-refractivity contribution < 1.29 is 9.53 Å². The molecule has 0 bridgehead atoms. The number of fused-ring (bicyclic) bond motifs is 1. The van der Waals surface area contributed by atoms with Crippen LogP contribution in [-0.4, -0.2) is 42.1 Å². The first-order valence-corrected chi connectivity index (χ1v) is 11.5. The average molecular weight is 415 g/mol. The molecule has 0 spiro atoms. The Kier molecular flexibility index (Phi) is 5.73.